The lowest BCUT2D eigenvalue weighted by Gasteiger charge is -2.05. The van der Waals surface area contributed by atoms with Gasteiger partial charge < -0.3 is 5.73 Å². The maximum atomic E-state index is 12.0. The fourth-order valence-electron chi connectivity index (χ4n) is 1.49. The standard InChI is InChI=1S/C11H12N4O2S3/c1-7-13-11(19-14-7)15-20(16,17)6-8-2-4-9(5-3-8)10(12)18/h2-5H,6H2,1H3,(H2,12,18)(H,13,14,15). The van der Waals surface area contributed by atoms with Crippen LogP contribution in [0.2, 0.25) is 0 Å². The number of anilines is 1. The lowest BCUT2D eigenvalue weighted by molar-refractivity contribution is 0.600. The third-order valence-electron chi connectivity index (χ3n) is 2.37. The van der Waals surface area contributed by atoms with Gasteiger partial charge in [-0.05, 0) is 12.5 Å². The van der Waals surface area contributed by atoms with Gasteiger partial charge in [-0.15, -0.1) is 0 Å². The van der Waals surface area contributed by atoms with E-state index in [1.807, 2.05) is 0 Å². The van der Waals surface area contributed by atoms with Crippen LogP contribution in [0.5, 0.6) is 0 Å². The minimum Gasteiger partial charge on any atom is -0.389 e. The van der Waals surface area contributed by atoms with Gasteiger partial charge in [0.15, 0.2) is 0 Å². The number of nitrogens with two attached hydrogens (primary N) is 1. The molecule has 0 saturated heterocycles. The van der Waals surface area contributed by atoms with E-state index < -0.39 is 10.0 Å². The third-order valence-corrected chi connectivity index (χ3v) is 4.67. The number of sulfonamides is 1. The number of nitrogens with one attached hydrogen (secondary N) is 1. The largest absolute Gasteiger partial charge is 0.389 e. The van der Waals surface area contributed by atoms with E-state index in [2.05, 4.69) is 14.1 Å². The van der Waals surface area contributed by atoms with Crippen LogP contribution in [0.3, 0.4) is 0 Å². The van der Waals surface area contributed by atoms with E-state index in [1.54, 1.807) is 31.2 Å². The Morgan fingerprint density at radius 2 is 2.05 bits per heavy atom. The molecule has 0 fully saturated rings. The molecular weight excluding hydrogens is 316 g/mol. The molecule has 2 aromatic rings. The van der Waals surface area contributed by atoms with Crippen molar-refractivity contribution in [1.29, 1.82) is 0 Å². The van der Waals surface area contributed by atoms with Crippen LogP contribution in [-0.2, 0) is 15.8 Å². The molecule has 0 aliphatic carbocycles. The molecule has 1 heterocycles. The van der Waals surface area contributed by atoms with Crippen LogP contribution >= 0.6 is 23.8 Å². The molecule has 0 aliphatic rings. The molecule has 0 radical (unpaired) electrons. The maximum absolute atomic E-state index is 12.0. The van der Waals surface area contributed by atoms with Crippen molar-refractivity contribution in [3.05, 3.63) is 41.2 Å². The molecule has 3 N–H and O–H groups in total. The molecule has 0 aliphatic heterocycles. The zero-order chi connectivity index (χ0) is 14.8. The summed E-state index contributed by atoms with van der Waals surface area (Å²) in [6, 6.07) is 6.75. The first-order valence-electron chi connectivity index (χ1n) is 5.55. The second-order valence-corrected chi connectivity index (χ2v) is 6.98. The SMILES string of the molecule is Cc1nsc(NS(=O)(=O)Cc2ccc(C(N)=S)cc2)n1. The Kier molecular flexibility index (Phi) is 4.31. The Hall–Kier alpha value is -1.58. The minimum atomic E-state index is -3.51. The highest BCUT2D eigenvalue weighted by Crippen LogP contribution is 2.15. The Labute approximate surface area is 126 Å². The highest BCUT2D eigenvalue weighted by molar-refractivity contribution is 7.92. The fraction of sp³-hybridized carbons (Fsp3) is 0.182. The van der Waals surface area contributed by atoms with Gasteiger partial charge in [-0.25, -0.2) is 13.4 Å². The summed E-state index contributed by atoms with van der Waals surface area (Å²) in [5, 5.41) is 0.266. The number of hydrogen-bond acceptors (Lipinski definition) is 6. The van der Waals surface area contributed by atoms with E-state index in [0.29, 0.717) is 17.0 Å². The Bertz CT molecular complexity index is 722. The van der Waals surface area contributed by atoms with Gasteiger partial charge in [0.25, 0.3) is 0 Å². The topological polar surface area (TPSA) is 98.0 Å². The molecule has 0 saturated carbocycles. The van der Waals surface area contributed by atoms with Crippen molar-refractivity contribution in [2.24, 2.45) is 5.73 Å². The molecule has 0 atom stereocenters. The fourth-order valence-corrected chi connectivity index (χ4v) is 3.61. The molecule has 9 heteroatoms. The van der Waals surface area contributed by atoms with E-state index in [0.717, 1.165) is 11.5 Å². The van der Waals surface area contributed by atoms with Gasteiger partial charge in [0.05, 0.1) is 5.75 Å². The first-order chi connectivity index (χ1) is 9.35. The molecule has 0 unspecified atom stereocenters. The highest BCUT2D eigenvalue weighted by atomic mass is 32.2. The highest BCUT2D eigenvalue weighted by Gasteiger charge is 2.14. The summed E-state index contributed by atoms with van der Waals surface area (Å²) in [7, 11) is -3.51. The second kappa shape index (κ2) is 5.81. The summed E-state index contributed by atoms with van der Waals surface area (Å²) >= 11 is 5.85. The van der Waals surface area contributed by atoms with Gasteiger partial charge in [-0.3, -0.25) is 4.72 Å². The van der Waals surface area contributed by atoms with E-state index in [4.69, 9.17) is 18.0 Å². The molecule has 6 nitrogen and oxygen atoms in total. The van der Waals surface area contributed by atoms with Gasteiger partial charge in [-0.2, -0.15) is 4.37 Å². The molecule has 0 spiro atoms. The average Bonchev–Trinajstić information content (AvgIpc) is 2.73. The van der Waals surface area contributed by atoms with E-state index in [-0.39, 0.29) is 15.9 Å². The predicted octanol–water partition coefficient (Wildman–Crippen LogP) is 1.42. The summed E-state index contributed by atoms with van der Waals surface area (Å²) < 4.78 is 30.3. The minimum absolute atomic E-state index is 0.150. The number of nitrogens with zero attached hydrogens (tertiary/aromatic N) is 2. The zero-order valence-corrected chi connectivity index (χ0v) is 13.0. The second-order valence-electron chi connectivity index (χ2n) is 4.07. The molecule has 1 aromatic carbocycles. The molecular formula is C11H12N4O2S3. The van der Waals surface area contributed by atoms with Crippen molar-refractivity contribution < 1.29 is 8.42 Å². The van der Waals surface area contributed by atoms with Crippen LogP contribution in [0.15, 0.2) is 24.3 Å². The van der Waals surface area contributed by atoms with Crippen molar-refractivity contribution in [3.63, 3.8) is 0 Å². The number of thiocarbonyl (C=S) groups is 1. The molecule has 106 valence electrons. The van der Waals surface area contributed by atoms with Crippen LogP contribution in [0.25, 0.3) is 0 Å². The molecule has 20 heavy (non-hydrogen) atoms. The van der Waals surface area contributed by atoms with E-state index in [1.165, 1.54) is 0 Å². The number of benzene rings is 1. The Morgan fingerprint density at radius 3 is 2.55 bits per heavy atom. The van der Waals surface area contributed by atoms with Crippen molar-refractivity contribution in [2.45, 2.75) is 12.7 Å². The van der Waals surface area contributed by atoms with Crippen LogP contribution < -0.4 is 10.5 Å². The van der Waals surface area contributed by atoms with Crippen molar-refractivity contribution in [1.82, 2.24) is 9.36 Å². The number of aromatic nitrogens is 2. The van der Waals surface area contributed by atoms with Gasteiger partial charge in [0.1, 0.15) is 10.8 Å². The molecule has 0 bridgehead atoms. The summed E-state index contributed by atoms with van der Waals surface area (Å²) in [4.78, 5) is 4.24. The van der Waals surface area contributed by atoms with Crippen molar-refractivity contribution in [3.8, 4) is 0 Å². The molecule has 2 rings (SSSR count). The first kappa shape index (κ1) is 14.8. The summed E-state index contributed by atoms with van der Waals surface area (Å²) in [6.45, 7) is 1.70. The zero-order valence-electron chi connectivity index (χ0n) is 10.5. The number of rotatable bonds is 5. The quantitative estimate of drug-likeness (QED) is 0.806. The maximum Gasteiger partial charge on any atom is 0.238 e. The Balaban J connectivity index is 2.09. The van der Waals surface area contributed by atoms with Gasteiger partial charge in [0.2, 0.25) is 15.2 Å². The van der Waals surface area contributed by atoms with Gasteiger partial charge in [0, 0.05) is 17.1 Å². The monoisotopic (exact) mass is 328 g/mol. The number of hydrogen-bond donors (Lipinski definition) is 2. The summed E-state index contributed by atoms with van der Waals surface area (Å²) in [5.41, 5.74) is 6.82. The van der Waals surface area contributed by atoms with Gasteiger partial charge in [-0.1, -0.05) is 36.5 Å². The molecule has 1 aromatic heterocycles. The van der Waals surface area contributed by atoms with Crippen molar-refractivity contribution >= 4 is 43.9 Å². The normalized spacial score (nSPS) is 11.2. The molecule has 0 amide bonds. The predicted molar refractivity (Wildman–Crippen MR) is 83.2 cm³/mol. The summed E-state index contributed by atoms with van der Waals surface area (Å²) in [5.74, 6) is 0.386. The van der Waals surface area contributed by atoms with E-state index in [9.17, 15) is 8.42 Å². The van der Waals surface area contributed by atoms with E-state index >= 15 is 0 Å². The average molecular weight is 328 g/mol. The smallest absolute Gasteiger partial charge is 0.238 e. The van der Waals surface area contributed by atoms with Gasteiger partial charge >= 0.3 is 0 Å². The van der Waals surface area contributed by atoms with Crippen LogP contribution in [0.1, 0.15) is 17.0 Å². The lowest BCUT2D eigenvalue weighted by atomic mass is 10.1. The lowest BCUT2D eigenvalue weighted by Crippen LogP contribution is -2.15. The van der Waals surface area contributed by atoms with Crippen molar-refractivity contribution in [2.75, 3.05) is 4.72 Å². The Morgan fingerprint density at radius 1 is 1.40 bits per heavy atom. The first-order valence-corrected chi connectivity index (χ1v) is 8.39. The summed E-state index contributed by atoms with van der Waals surface area (Å²) in [6.07, 6.45) is 0. The third kappa shape index (κ3) is 3.95. The number of aryl methyl sites for hydroxylation is 1. The van der Waals surface area contributed by atoms with Crippen LogP contribution in [-0.4, -0.2) is 22.8 Å². The van der Waals surface area contributed by atoms with Crippen LogP contribution in [0.4, 0.5) is 5.13 Å². The van der Waals surface area contributed by atoms with Crippen LogP contribution in [0, 0.1) is 6.92 Å².